The van der Waals surface area contributed by atoms with Crippen molar-refractivity contribution in [3.8, 4) is 23.3 Å². The Hall–Kier alpha value is -3.71. The summed E-state index contributed by atoms with van der Waals surface area (Å²) in [4.78, 5) is 18.0. The lowest BCUT2D eigenvalue weighted by Crippen LogP contribution is -2.27. The van der Waals surface area contributed by atoms with Crippen molar-refractivity contribution >= 4 is 17.1 Å². The van der Waals surface area contributed by atoms with Gasteiger partial charge in [-0.3, -0.25) is 4.79 Å². The summed E-state index contributed by atoms with van der Waals surface area (Å²) in [6.07, 6.45) is 10.1. The third-order valence-corrected chi connectivity index (χ3v) is 4.70. The molecule has 1 aliphatic heterocycles. The molecular formula is C21H18N6O. The molecule has 1 amide bonds. The van der Waals surface area contributed by atoms with E-state index in [1.54, 1.807) is 33.9 Å². The number of aromatic nitrogens is 3. The van der Waals surface area contributed by atoms with Crippen molar-refractivity contribution in [3.63, 3.8) is 0 Å². The first-order valence-electron chi connectivity index (χ1n) is 9.26. The lowest BCUT2D eigenvalue weighted by molar-refractivity contribution is -0.118. The summed E-state index contributed by atoms with van der Waals surface area (Å²) < 4.78 is 1.70. The first-order chi connectivity index (χ1) is 13.7. The smallest absolute Gasteiger partial charge is 0.244 e. The molecule has 7 nitrogen and oxygen atoms in total. The third kappa shape index (κ3) is 3.43. The number of rotatable bonds is 2. The number of carbonyl (C=O) groups excluding carboxylic acids is 1. The highest BCUT2D eigenvalue weighted by Gasteiger charge is 2.33. The largest absolute Gasteiger partial charge is 0.309 e. The molecule has 0 radical (unpaired) electrons. The molecule has 1 saturated heterocycles. The minimum Gasteiger partial charge on any atom is -0.309 e. The SMILES string of the molecule is C1CC1.N#Cc1cc(-c2cc3c(N4CCC(C#N)C4=O)ccnn3c2)ccn1. The first-order valence-corrected chi connectivity index (χ1v) is 9.26. The summed E-state index contributed by atoms with van der Waals surface area (Å²) in [5.74, 6) is -0.755. The molecule has 1 atom stereocenters. The average molecular weight is 370 g/mol. The topological polar surface area (TPSA) is 98.1 Å². The van der Waals surface area contributed by atoms with Gasteiger partial charge in [0, 0.05) is 30.7 Å². The highest BCUT2D eigenvalue weighted by Crippen LogP contribution is 2.31. The quantitative estimate of drug-likeness (QED) is 0.689. The number of amides is 1. The molecule has 3 aromatic rings. The van der Waals surface area contributed by atoms with Crippen molar-refractivity contribution in [2.24, 2.45) is 5.92 Å². The number of anilines is 1. The van der Waals surface area contributed by atoms with Crippen LogP contribution >= 0.6 is 0 Å². The van der Waals surface area contributed by atoms with Gasteiger partial charge in [0.25, 0.3) is 0 Å². The monoisotopic (exact) mass is 370 g/mol. The Morgan fingerprint density at radius 2 is 1.89 bits per heavy atom. The first kappa shape index (κ1) is 17.7. The number of hydrogen-bond acceptors (Lipinski definition) is 5. The van der Waals surface area contributed by atoms with Crippen LogP contribution in [0.2, 0.25) is 0 Å². The van der Waals surface area contributed by atoms with Crippen LogP contribution in [0.3, 0.4) is 0 Å². The molecule has 1 saturated carbocycles. The van der Waals surface area contributed by atoms with E-state index in [1.807, 2.05) is 24.4 Å². The summed E-state index contributed by atoms with van der Waals surface area (Å²) in [5.41, 5.74) is 3.58. The second-order valence-electron chi connectivity index (χ2n) is 6.84. The van der Waals surface area contributed by atoms with Crippen LogP contribution in [-0.2, 0) is 4.79 Å². The maximum Gasteiger partial charge on any atom is 0.244 e. The van der Waals surface area contributed by atoms with Crippen LogP contribution in [0.4, 0.5) is 5.69 Å². The van der Waals surface area contributed by atoms with Gasteiger partial charge in [-0.25, -0.2) is 9.50 Å². The fourth-order valence-electron chi connectivity index (χ4n) is 3.10. The molecule has 1 unspecified atom stereocenters. The molecule has 2 aliphatic rings. The van der Waals surface area contributed by atoms with Crippen LogP contribution in [-0.4, -0.2) is 27.0 Å². The normalized spacial score (nSPS) is 17.6. The van der Waals surface area contributed by atoms with Crippen LogP contribution in [0.5, 0.6) is 0 Å². The van der Waals surface area contributed by atoms with Crippen molar-refractivity contribution in [1.82, 2.24) is 14.6 Å². The standard InChI is InChI=1S/C18H12N6O.C3H6/c19-9-13-3-6-23(18(13)25)16-2-5-22-24-11-14(8-17(16)24)12-1-4-21-15(7-12)10-20;1-2-3-1/h1-2,4-5,7-8,11,13H,3,6H2;1-3H2. The molecule has 138 valence electrons. The zero-order valence-electron chi connectivity index (χ0n) is 15.2. The minimum absolute atomic E-state index is 0.172. The number of hydrogen-bond donors (Lipinski definition) is 0. The number of carbonyl (C=O) groups is 1. The van der Waals surface area contributed by atoms with E-state index < -0.39 is 5.92 Å². The van der Waals surface area contributed by atoms with Gasteiger partial charge in [-0.2, -0.15) is 15.6 Å². The molecule has 7 heteroatoms. The Labute approximate surface area is 162 Å². The lowest BCUT2D eigenvalue weighted by Gasteiger charge is -2.16. The van der Waals surface area contributed by atoms with Crippen LogP contribution in [0.1, 0.15) is 31.4 Å². The Morgan fingerprint density at radius 3 is 2.57 bits per heavy atom. The second-order valence-corrected chi connectivity index (χ2v) is 6.84. The second kappa shape index (κ2) is 7.50. The van der Waals surface area contributed by atoms with E-state index in [4.69, 9.17) is 10.5 Å². The minimum atomic E-state index is -0.582. The van der Waals surface area contributed by atoms with Crippen LogP contribution < -0.4 is 4.90 Å². The highest BCUT2D eigenvalue weighted by atomic mass is 16.2. The van der Waals surface area contributed by atoms with Gasteiger partial charge >= 0.3 is 0 Å². The zero-order valence-corrected chi connectivity index (χ0v) is 15.2. The van der Waals surface area contributed by atoms with Gasteiger partial charge in [-0.15, -0.1) is 0 Å². The van der Waals surface area contributed by atoms with Crippen LogP contribution in [0.25, 0.3) is 16.6 Å². The molecule has 3 aromatic heterocycles. The van der Waals surface area contributed by atoms with Gasteiger partial charge in [0.05, 0.1) is 17.3 Å². The Kier molecular flexibility index (Phi) is 4.74. The fourth-order valence-corrected chi connectivity index (χ4v) is 3.10. The molecule has 0 N–H and O–H groups in total. The molecule has 5 rings (SSSR count). The number of nitrogens with zero attached hydrogens (tertiary/aromatic N) is 6. The van der Waals surface area contributed by atoms with E-state index in [-0.39, 0.29) is 5.91 Å². The molecule has 28 heavy (non-hydrogen) atoms. The fraction of sp³-hybridized carbons (Fsp3) is 0.286. The van der Waals surface area contributed by atoms with E-state index in [0.717, 1.165) is 22.3 Å². The van der Waals surface area contributed by atoms with Crippen LogP contribution in [0, 0.1) is 28.6 Å². The van der Waals surface area contributed by atoms with Gasteiger partial charge in [-0.1, -0.05) is 19.3 Å². The third-order valence-electron chi connectivity index (χ3n) is 4.70. The average Bonchev–Trinajstić information content (AvgIpc) is 3.48. The molecule has 2 fully saturated rings. The maximum absolute atomic E-state index is 12.4. The number of fused-ring (bicyclic) bond motifs is 1. The van der Waals surface area contributed by atoms with E-state index in [1.165, 1.54) is 19.3 Å². The Balaban J connectivity index is 0.000000586. The maximum atomic E-state index is 12.4. The summed E-state index contributed by atoms with van der Waals surface area (Å²) in [7, 11) is 0. The summed E-state index contributed by atoms with van der Waals surface area (Å²) >= 11 is 0. The van der Waals surface area contributed by atoms with Gasteiger partial charge in [0.2, 0.25) is 5.91 Å². The van der Waals surface area contributed by atoms with E-state index in [2.05, 4.69) is 16.2 Å². The van der Waals surface area contributed by atoms with Crippen LogP contribution in [0.15, 0.2) is 42.9 Å². The highest BCUT2D eigenvalue weighted by molar-refractivity contribution is 6.02. The van der Waals surface area contributed by atoms with Crippen molar-refractivity contribution in [3.05, 3.63) is 48.5 Å². The summed E-state index contributed by atoms with van der Waals surface area (Å²) in [6, 6.07) is 11.3. The summed E-state index contributed by atoms with van der Waals surface area (Å²) in [6.45, 7) is 0.519. The van der Waals surface area contributed by atoms with Crippen molar-refractivity contribution < 1.29 is 4.79 Å². The predicted octanol–water partition coefficient (Wildman–Crippen LogP) is 3.31. The van der Waals surface area contributed by atoms with Crippen molar-refractivity contribution in [2.45, 2.75) is 25.7 Å². The summed E-state index contributed by atoms with van der Waals surface area (Å²) in [5, 5.41) is 22.4. The van der Waals surface area contributed by atoms with Crippen molar-refractivity contribution in [1.29, 1.82) is 10.5 Å². The van der Waals surface area contributed by atoms with Gasteiger partial charge < -0.3 is 4.90 Å². The van der Waals surface area contributed by atoms with E-state index in [9.17, 15) is 4.79 Å². The lowest BCUT2D eigenvalue weighted by atomic mass is 10.1. The molecular weight excluding hydrogens is 352 g/mol. The van der Waals surface area contributed by atoms with Gasteiger partial charge in [0.1, 0.15) is 17.7 Å². The Morgan fingerprint density at radius 1 is 1.07 bits per heavy atom. The molecule has 0 aromatic carbocycles. The van der Waals surface area contributed by atoms with Crippen molar-refractivity contribution in [2.75, 3.05) is 11.4 Å². The van der Waals surface area contributed by atoms with E-state index in [0.29, 0.717) is 18.7 Å². The van der Waals surface area contributed by atoms with Gasteiger partial charge in [0.15, 0.2) is 0 Å². The predicted molar refractivity (Wildman–Crippen MR) is 103 cm³/mol. The molecule has 1 aliphatic carbocycles. The zero-order chi connectivity index (χ0) is 19.5. The molecule has 0 spiro atoms. The Bertz CT molecular complexity index is 1120. The number of nitriles is 2. The molecule has 4 heterocycles. The number of pyridine rings is 1. The van der Waals surface area contributed by atoms with Gasteiger partial charge in [-0.05, 0) is 36.2 Å². The van der Waals surface area contributed by atoms with E-state index >= 15 is 0 Å². The molecule has 0 bridgehead atoms.